The van der Waals surface area contributed by atoms with Gasteiger partial charge in [0.15, 0.2) is 6.61 Å². The minimum atomic E-state index is -0.965. The molecule has 29 heavy (non-hydrogen) atoms. The highest BCUT2D eigenvalue weighted by molar-refractivity contribution is 6.05. The Morgan fingerprint density at radius 2 is 1.86 bits per heavy atom. The molecule has 3 rings (SSSR count). The molecule has 1 fully saturated rings. The molecule has 0 unspecified atom stereocenters. The quantitative estimate of drug-likeness (QED) is 0.400. The van der Waals surface area contributed by atoms with Gasteiger partial charge in [-0.25, -0.2) is 4.79 Å². The van der Waals surface area contributed by atoms with Crippen LogP contribution in [0.15, 0.2) is 36.4 Å². The fourth-order valence-electron chi connectivity index (χ4n) is 3.37. The molecule has 1 aromatic carbocycles. The number of nitrogens with zero attached hydrogens (tertiary/aromatic N) is 1. The van der Waals surface area contributed by atoms with E-state index in [4.69, 9.17) is 4.74 Å². The molecule has 1 atom stereocenters. The van der Waals surface area contributed by atoms with Crippen molar-refractivity contribution in [1.82, 2.24) is 15.2 Å². The Morgan fingerprint density at radius 3 is 2.52 bits per heavy atom. The van der Waals surface area contributed by atoms with Crippen molar-refractivity contribution in [3.63, 3.8) is 0 Å². The maximum Gasteiger partial charge on any atom is 0.322 e. The van der Waals surface area contributed by atoms with Crippen LogP contribution in [0.4, 0.5) is 4.79 Å². The summed E-state index contributed by atoms with van der Waals surface area (Å²) < 4.78 is 7.08. The number of rotatable bonds is 8. The molecular formula is C21H23N3O5. The van der Waals surface area contributed by atoms with Crippen LogP contribution in [0, 0.1) is 13.8 Å². The Labute approximate surface area is 168 Å². The summed E-state index contributed by atoms with van der Waals surface area (Å²) in [6.45, 7) is 4.13. The number of hydrogen-bond donors (Lipinski definition) is 2. The van der Waals surface area contributed by atoms with E-state index in [9.17, 15) is 19.2 Å². The Balaban J connectivity index is 1.56. The summed E-state index contributed by atoms with van der Waals surface area (Å²) in [6, 6.07) is 10.3. The molecule has 1 saturated heterocycles. The Bertz CT molecular complexity index is 949. The number of urea groups is 1. The lowest BCUT2D eigenvalue weighted by Crippen LogP contribution is -2.32. The molecule has 2 N–H and O–H groups in total. The Kier molecular flexibility index (Phi) is 6.11. The van der Waals surface area contributed by atoms with Crippen LogP contribution in [0.25, 0.3) is 0 Å². The number of benzene rings is 1. The molecule has 3 amide bonds. The predicted octanol–water partition coefficient (Wildman–Crippen LogP) is 1.67. The number of amides is 3. The van der Waals surface area contributed by atoms with Crippen molar-refractivity contribution in [2.24, 2.45) is 0 Å². The van der Waals surface area contributed by atoms with Crippen LogP contribution in [0.1, 0.15) is 33.7 Å². The number of nitrogens with one attached hydrogen (secondary N) is 2. The van der Waals surface area contributed by atoms with Crippen molar-refractivity contribution in [2.75, 3.05) is 6.61 Å². The van der Waals surface area contributed by atoms with E-state index in [1.807, 2.05) is 37.4 Å². The van der Waals surface area contributed by atoms with Gasteiger partial charge in [0.2, 0.25) is 5.78 Å². The summed E-state index contributed by atoms with van der Waals surface area (Å²) >= 11 is 0. The highest BCUT2D eigenvalue weighted by atomic mass is 16.5. The molecule has 1 aliphatic rings. The molecule has 0 bridgehead atoms. The van der Waals surface area contributed by atoms with Crippen LogP contribution in [0.2, 0.25) is 0 Å². The second-order valence-corrected chi connectivity index (χ2v) is 6.98. The zero-order chi connectivity index (χ0) is 21.0. The summed E-state index contributed by atoms with van der Waals surface area (Å²) in [5, 5.41) is 4.35. The van der Waals surface area contributed by atoms with E-state index in [1.54, 1.807) is 6.07 Å². The number of imide groups is 1. The maximum absolute atomic E-state index is 12.5. The van der Waals surface area contributed by atoms with E-state index in [0.717, 1.165) is 24.4 Å². The molecule has 0 saturated carbocycles. The molecule has 8 nitrogen and oxygen atoms in total. The first-order valence-electron chi connectivity index (χ1n) is 9.36. The fraction of sp³-hybridized carbons (Fsp3) is 0.333. The summed E-state index contributed by atoms with van der Waals surface area (Å²) in [5.74, 6) is -1.61. The third-order valence-corrected chi connectivity index (χ3v) is 4.93. The van der Waals surface area contributed by atoms with E-state index >= 15 is 0 Å². The first-order valence-corrected chi connectivity index (χ1v) is 9.36. The highest BCUT2D eigenvalue weighted by Crippen LogP contribution is 2.17. The highest BCUT2D eigenvalue weighted by Gasteiger charge is 2.32. The van der Waals surface area contributed by atoms with Crippen molar-refractivity contribution in [1.29, 1.82) is 0 Å². The molecule has 0 radical (unpaired) electrons. The smallest absolute Gasteiger partial charge is 0.322 e. The van der Waals surface area contributed by atoms with Gasteiger partial charge in [-0.1, -0.05) is 30.3 Å². The molecule has 1 aliphatic heterocycles. The summed E-state index contributed by atoms with van der Waals surface area (Å²) in [4.78, 5) is 46.9. The van der Waals surface area contributed by atoms with Crippen LogP contribution in [0.5, 0.6) is 0 Å². The van der Waals surface area contributed by atoms with Crippen molar-refractivity contribution in [3.8, 4) is 0 Å². The van der Waals surface area contributed by atoms with Crippen molar-refractivity contribution in [3.05, 3.63) is 58.9 Å². The van der Waals surface area contributed by atoms with E-state index in [2.05, 4.69) is 22.0 Å². The molecule has 152 valence electrons. The lowest BCUT2D eigenvalue weighted by atomic mass is 10.1. The zero-order valence-corrected chi connectivity index (χ0v) is 16.4. The number of carbonyl (C=O) groups is 4. The van der Waals surface area contributed by atoms with Crippen molar-refractivity contribution >= 4 is 23.7 Å². The van der Waals surface area contributed by atoms with Crippen molar-refractivity contribution < 1.29 is 23.9 Å². The number of Topliss-reactive ketones (excluding diaryl/α,β-unsaturated/α-hetero) is 1. The summed E-state index contributed by atoms with van der Waals surface area (Å²) in [6.07, 6.45) is 0.524. The van der Waals surface area contributed by atoms with E-state index < -0.39 is 30.6 Å². The Morgan fingerprint density at radius 1 is 1.14 bits per heavy atom. The van der Waals surface area contributed by atoms with Gasteiger partial charge in [0.25, 0.3) is 5.91 Å². The first kappa shape index (κ1) is 20.3. The summed E-state index contributed by atoms with van der Waals surface area (Å²) in [7, 11) is 0. The maximum atomic E-state index is 12.5. The third-order valence-electron chi connectivity index (χ3n) is 4.93. The van der Waals surface area contributed by atoms with Crippen LogP contribution in [-0.4, -0.2) is 40.9 Å². The average molecular weight is 397 g/mol. The van der Waals surface area contributed by atoms with Crippen LogP contribution < -0.4 is 10.6 Å². The Hall–Kier alpha value is -3.42. The predicted molar refractivity (Wildman–Crippen MR) is 104 cm³/mol. The van der Waals surface area contributed by atoms with Gasteiger partial charge in [-0.15, -0.1) is 0 Å². The first-order chi connectivity index (χ1) is 13.8. The van der Waals surface area contributed by atoms with Gasteiger partial charge in [0.1, 0.15) is 6.04 Å². The topological polar surface area (TPSA) is 106 Å². The second-order valence-electron chi connectivity index (χ2n) is 6.98. The SMILES string of the molecule is Cc1cc(C(=O)COC(=O)C[C@@H]2NC(=O)NC2=O)c(C)n1CCc1ccccc1. The van der Waals surface area contributed by atoms with Gasteiger partial charge in [0, 0.05) is 23.5 Å². The normalized spacial score (nSPS) is 15.7. The molecule has 0 spiro atoms. The lowest BCUT2D eigenvalue weighted by molar-refractivity contribution is -0.144. The van der Waals surface area contributed by atoms with Gasteiger partial charge in [-0.05, 0) is 31.9 Å². The average Bonchev–Trinajstić information content (AvgIpc) is 3.16. The molecule has 0 aliphatic carbocycles. The van der Waals surface area contributed by atoms with E-state index in [-0.39, 0.29) is 12.2 Å². The molecule has 2 aromatic rings. The van der Waals surface area contributed by atoms with E-state index in [1.165, 1.54) is 5.56 Å². The molecular weight excluding hydrogens is 374 g/mol. The zero-order valence-electron chi connectivity index (χ0n) is 16.4. The number of ether oxygens (including phenoxy) is 1. The number of aromatic nitrogens is 1. The van der Waals surface area contributed by atoms with Gasteiger partial charge in [-0.3, -0.25) is 19.7 Å². The fourth-order valence-corrected chi connectivity index (χ4v) is 3.37. The van der Waals surface area contributed by atoms with Gasteiger partial charge in [-0.2, -0.15) is 0 Å². The number of hydrogen-bond acceptors (Lipinski definition) is 5. The molecule has 2 heterocycles. The van der Waals surface area contributed by atoms with Crippen LogP contribution >= 0.6 is 0 Å². The number of esters is 1. The monoisotopic (exact) mass is 397 g/mol. The number of carbonyl (C=O) groups excluding carboxylic acids is 4. The lowest BCUT2D eigenvalue weighted by Gasteiger charge is -2.10. The van der Waals surface area contributed by atoms with Gasteiger partial charge < -0.3 is 14.6 Å². The largest absolute Gasteiger partial charge is 0.457 e. The summed E-state index contributed by atoms with van der Waals surface area (Å²) in [5.41, 5.74) is 3.50. The van der Waals surface area contributed by atoms with Crippen LogP contribution in [0.3, 0.4) is 0 Å². The molecule has 8 heteroatoms. The second kappa shape index (κ2) is 8.72. The third kappa shape index (κ3) is 4.90. The minimum Gasteiger partial charge on any atom is -0.457 e. The standard InChI is InChI=1S/C21H23N3O5/c1-13-10-16(14(2)24(13)9-8-15-6-4-3-5-7-15)18(25)12-29-19(26)11-17-20(27)23-21(28)22-17/h3-7,10,17H,8-9,11-12H2,1-2H3,(H2,22,23,27,28)/t17-/m0/s1. The number of ketones is 1. The van der Waals surface area contributed by atoms with Gasteiger partial charge in [0.05, 0.1) is 6.42 Å². The molecule has 1 aromatic heterocycles. The van der Waals surface area contributed by atoms with E-state index in [0.29, 0.717) is 5.56 Å². The minimum absolute atomic E-state index is 0.308. The van der Waals surface area contributed by atoms with Crippen molar-refractivity contribution in [2.45, 2.75) is 39.3 Å². The van der Waals surface area contributed by atoms with Gasteiger partial charge >= 0.3 is 12.0 Å². The van der Waals surface area contributed by atoms with Crippen LogP contribution in [-0.2, 0) is 27.3 Å². The number of aryl methyl sites for hydroxylation is 2.